The van der Waals surface area contributed by atoms with Crippen LogP contribution in [0.1, 0.15) is 27.0 Å². The number of benzene rings is 2. The van der Waals surface area contributed by atoms with Crippen molar-refractivity contribution in [1.82, 2.24) is 4.98 Å². The van der Waals surface area contributed by atoms with Gasteiger partial charge in [-0.05, 0) is 48.7 Å². The lowest BCUT2D eigenvalue weighted by Gasteiger charge is -2.04. The molecule has 1 heterocycles. The van der Waals surface area contributed by atoms with Crippen molar-refractivity contribution >= 4 is 5.78 Å². The minimum Gasteiger partial charge on any atom is -0.289 e. The Hall–Kier alpha value is -2.74. The summed E-state index contributed by atoms with van der Waals surface area (Å²) in [5, 5.41) is 0. The molecule has 1 aliphatic rings. The van der Waals surface area contributed by atoms with Gasteiger partial charge in [0.05, 0.1) is 5.69 Å². The van der Waals surface area contributed by atoms with Gasteiger partial charge in [0.2, 0.25) is 0 Å². The minimum atomic E-state index is 0.114. The second kappa shape index (κ2) is 4.63. The lowest BCUT2D eigenvalue weighted by molar-refractivity contribution is 0.104. The predicted octanol–water partition coefficient (Wildman–Crippen LogP) is 4.58. The highest BCUT2D eigenvalue weighted by Crippen LogP contribution is 2.38. The first-order valence-corrected chi connectivity index (χ1v) is 7.36. The van der Waals surface area contributed by atoms with Crippen molar-refractivity contribution in [2.75, 3.05) is 0 Å². The Labute approximate surface area is 129 Å². The van der Waals surface area contributed by atoms with Gasteiger partial charge >= 0.3 is 0 Å². The number of ketones is 1. The molecule has 106 valence electrons. The highest BCUT2D eigenvalue weighted by molar-refractivity contribution is 6.22. The van der Waals surface area contributed by atoms with Crippen molar-refractivity contribution in [3.63, 3.8) is 0 Å². The molecule has 2 heteroatoms. The summed E-state index contributed by atoms with van der Waals surface area (Å²) in [7, 11) is 0. The number of nitrogens with zero attached hydrogens (tertiary/aromatic N) is 1. The largest absolute Gasteiger partial charge is 0.289 e. The summed E-state index contributed by atoms with van der Waals surface area (Å²) < 4.78 is 0. The Kier molecular flexibility index (Phi) is 2.73. The summed E-state index contributed by atoms with van der Waals surface area (Å²) in [5.41, 5.74) is 7.77. The topological polar surface area (TPSA) is 30.0 Å². The lowest BCUT2D eigenvalue weighted by atomic mass is 10.0. The molecule has 0 aliphatic heterocycles. The fraction of sp³-hybridized carbons (Fsp3) is 0.100. The molecule has 0 atom stereocenters. The molecule has 22 heavy (non-hydrogen) atoms. The van der Waals surface area contributed by atoms with Crippen LogP contribution in [-0.2, 0) is 0 Å². The van der Waals surface area contributed by atoms with Crippen molar-refractivity contribution in [2.24, 2.45) is 0 Å². The Morgan fingerprint density at radius 2 is 1.41 bits per heavy atom. The van der Waals surface area contributed by atoms with Gasteiger partial charge in [-0.15, -0.1) is 0 Å². The van der Waals surface area contributed by atoms with Crippen LogP contribution in [0.3, 0.4) is 0 Å². The second-order valence-corrected chi connectivity index (χ2v) is 5.86. The third-order valence-electron chi connectivity index (χ3n) is 4.18. The van der Waals surface area contributed by atoms with Gasteiger partial charge in [0.25, 0.3) is 0 Å². The lowest BCUT2D eigenvalue weighted by Crippen LogP contribution is -1.96. The Morgan fingerprint density at radius 1 is 0.727 bits per heavy atom. The monoisotopic (exact) mass is 285 g/mol. The summed E-state index contributed by atoms with van der Waals surface area (Å²) in [6.45, 7) is 4.03. The van der Waals surface area contributed by atoms with E-state index in [4.69, 9.17) is 0 Å². The molecular formula is C20H15NO. The maximum atomic E-state index is 12.7. The Balaban J connectivity index is 1.86. The van der Waals surface area contributed by atoms with Gasteiger partial charge in [0, 0.05) is 22.9 Å². The van der Waals surface area contributed by atoms with E-state index in [-0.39, 0.29) is 5.78 Å². The zero-order chi connectivity index (χ0) is 15.3. The zero-order valence-corrected chi connectivity index (χ0v) is 12.6. The fourth-order valence-electron chi connectivity index (χ4n) is 2.99. The number of aromatic nitrogens is 1. The number of rotatable bonds is 1. The smallest absolute Gasteiger partial charge is 0.194 e. The van der Waals surface area contributed by atoms with E-state index in [1.54, 1.807) is 0 Å². The quantitative estimate of drug-likeness (QED) is 0.512. The Bertz CT molecular complexity index is 907. The standard InChI is InChI=1S/C20H15NO/c1-12-3-6-15-16-7-5-14(19-8-4-13(2)11-21-19)10-18(16)20(22)17(15)9-12/h3-11H,1-2H3. The number of pyridine rings is 1. The third kappa shape index (κ3) is 1.88. The molecule has 1 aromatic heterocycles. The molecule has 2 nitrogen and oxygen atoms in total. The zero-order valence-electron chi connectivity index (χ0n) is 12.6. The molecule has 0 saturated heterocycles. The van der Waals surface area contributed by atoms with E-state index in [9.17, 15) is 4.79 Å². The maximum Gasteiger partial charge on any atom is 0.194 e. The van der Waals surface area contributed by atoms with Crippen LogP contribution in [0.2, 0.25) is 0 Å². The highest BCUT2D eigenvalue weighted by Gasteiger charge is 2.26. The number of fused-ring (bicyclic) bond motifs is 3. The Morgan fingerprint density at radius 3 is 2.14 bits per heavy atom. The summed E-state index contributed by atoms with van der Waals surface area (Å²) >= 11 is 0. The van der Waals surface area contributed by atoms with Crippen LogP contribution in [0, 0.1) is 13.8 Å². The molecule has 0 fully saturated rings. The summed E-state index contributed by atoms with van der Waals surface area (Å²) in [4.78, 5) is 17.1. The van der Waals surface area contributed by atoms with E-state index in [0.29, 0.717) is 0 Å². The molecular weight excluding hydrogens is 270 g/mol. The number of carbonyl (C=O) groups excluding carboxylic acids is 1. The molecule has 0 unspecified atom stereocenters. The summed E-state index contributed by atoms with van der Waals surface area (Å²) in [6.07, 6.45) is 1.85. The average molecular weight is 285 g/mol. The third-order valence-corrected chi connectivity index (χ3v) is 4.18. The van der Waals surface area contributed by atoms with Crippen LogP contribution in [-0.4, -0.2) is 10.8 Å². The van der Waals surface area contributed by atoms with Crippen LogP contribution in [0.4, 0.5) is 0 Å². The molecule has 2 aromatic carbocycles. The molecule has 3 aromatic rings. The van der Waals surface area contributed by atoms with Crippen LogP contribution in [0.5, 0.6) is 0 Å². The maximum absolute atomic E-state index is 12.7. The molecule has 0 spiro atoms. The van der Waals surface area contributed by atoms with Gasteiger partial charge in [-0.3, -0.25) is 9.78 Å². The van der Waals surface area contributed by atoms with E-state index in [1.165, 1.54) is 0 Å². The van der Waals surface area contributed by atoms with Gasteiger partial charge in [-0.1, -0.05) is 35.9 Å². The van der Waals surface area contributed by atoms with Crippen molar-refractivity contribution in [2.45, 2.75) is 13.8 Å². The van der Waals surface area contributed by atoms with E-state index in [0.717, 1.165) is 44.6 Å². The second-order valence-electron chi connectivity index (χ2n) is 5.86. The number of hydrogen-bond acceptors (Lipinski definition) is 2. The normalized spacial score (nSPS) is 12.2. The molecule has 1 aliphatic carbocycles. The van der Waals surface area contributed by atoms with Gasteiger partial charge in [0.1, 0.15) is 0 Å². The van der Waals surface area contributed by atoms with Crippen LogP contribution in [0.15, 0.2) is 54.7 Å². The predicted molar refractivity (Wildman–Crippen MR) is 88.0 cm³/mol. The van der Waals surface area contributed by atoms with Crippen molar-refractivity contribution in [3.8, 4) is 22.4 Å². The average Bonchev–Trinajstić information content (AvgIpc) is 2.80. The van der Waals surface area contributed by atoms with Gasteiger partial charge in [-0.25, -0.2) is 0 Å². The fourth-order valence-corrected chi connectivity index (χ4v) is 2.99. The van der Waals surface area contributed by atoms with Crippen molar-refractivity contribution in [3.05, 3.63) is 77.0 Å². The summed E-state index contributed by atoms with van der Waals surface area (Å²) in [5.74, 6) is 0.114. The van der Waals surface area contributed by atoms with Gasteiger partial charge in [0.15, 0.2) is 5.78 Å². The molecule has 0 bridgehead atoms. The minimum absolute atomic E-state index is 0.114. The van der Waals surface area contributed by atoms with E-state index in [2.05, 4.69) is 11.1 Å². The molecule has 0 N–H and O–H groups in total. The van der Waals surface area contributed by atoms with E-state index < -0.39 is 0 Å². The van der Waals surface area contributed by atoms with Gasteiger partial charge < -0.3 is 0 Å². The van der Waals surface area contributed by atoms with Crippen LogP contribution in [0.25, 0.3) is 22.4 Å². The first-order chi connectivity index (χ1) is 10.6. The van der Waals surface area contributed by atoms with Crippen LogP contribution < -0.4 is 0 Å². The number of aryl methyl sites for hydroxylation is 2. The van der Waals surface area contributed by atoms with Crippen molar-refractivity contribution in [1.29, 1.82) is 0 Å². The SMILES string of the molecule is Cc1ccc(-c2ccc3c(c2)C(=O)c2cc(C)ccc2-3)nc1. The molecule has 4 rings (SSSR count). The first-order valence-electron chi connectivity index (χ1n) is 7.36. The molecule has 0 amide bonds. The van der Waals surface area contributed by atoms with Crippen LogP contribution >= 0.6 is 0 Å². The number of carbonyl (C=O) groups is 1. The highest BCUT2D eigenvalue weighted by atomic mass is 16.1. The van der Waals surface area contributed by atoms with E-state index >= 15 is 0 Å². The number of hydrogen-bond donors (Lipinski definition) is 0. The first kappa shape index (κ1) is 13.0. The van der Waals surface area contributed by atoms with Gasteiger partial charge in [-0.2, -0.15) is 0 Å². The van der Waals surface area contributed by atoms with E-state index in [1.807, 2.05) is 62.5 Å². The molecule has 0 radical (unpaired) electrons. The molecule has 0 saturated carbocycles. The summed E-state index contributed by atoms with van der Waals surface area (Å²) in [6, 6.07) is 16.1. The van der Waals surface area contributed by atoms with Crippen molar-refractivity contribution < 1.29 is 4.79 Å².